The molecule has 0 aromatic carbocycles. The van der Waals surface area contributed by atoms with Crippen molar-refractivity contribution in [2.24, 2.45) is 5.92 Å². The van der Waals surface area contributed by atoms with Gasteiger partial charge in [0.15, 0.2) is 0 Å². The van der Waals surface area contributed by atoms with Gasteiger partial charge in [0, 0.05) is 6.42 Å². The Morgan fingerprint density at radius 3 is 2.18 bits per heavy atom. The van der Waals surface area contributed by atoms with Crippen LogP contribution in [0.3, 0.4) is 0 Å². The van der Waals surface area contributed by atoms with Gasteiger partial charge in [-0.05, 0) is 12.3 Å². The van der Waals surface area contributed by atoms with E-state index in [0.29, 0.717) is 0 Å². The minimum atomic E-state index is 0. The van der Waals surface area contributed by atoms with Crippen LogP contribution in [0.2, 0.25) is 0 Å². The molecule has 0 aliphatic rings. The molecule has 0 spiro atoms. The van der Waals surface area contributed by atoms with Gasteiger partial charge < -0.3 is 4.79 Å². The molecule has 0 aromatic heterocycles. The summed E-state index contributed by atoms with van der Waals surface area (Å²) in [6.45, 7) is 4.43. The van der Waals surface area contributed by atoms with E-state index in [1.54, 1.807) is 0 Å². The van der Waals surface area contributed by atoms with Crippen molar-refractivity contribution in [3.63, 3.8) is 0 Å². The van der Waals surface area contributed by atoms with Gasteiger partial charge >= 0.3 is 23.1 Å². The highest BCUT2D eigenvalue weighted by atomic mass is 24.3. The average Bonchev–Trinajstić information content (AvgIpc) is 1.99. The normalized spacial score (nSPS) is 9.36. The maximum Gasteiger partial charge on any atom is 0.316 e. The van der Waals surface area contributed by atoms with Gasteiger partial charge in [-0.15, -0.1) is 0 Å². The molecule has 0 fully saturated rings. The summed E-state index contributed by atoms with van der Waals surface area (Å²) in [5, 5.41) is 0. The lowest BCUT2D eigenvalue weighted by atomic mass is 9.97. The Labute approximate surface area is 86.1 Å². The molecule has 1 nitrogen and oxygen atoms in total. The highest BCUT2D eigenvalue weighted by Gasteiger charge is 2.01. The Kier molecular flexibility index (Phi) is 13.3. The molecular weight excluding hydrogens is 148 g/mol. The molecule has 0 amide bonds. The number of rotatable bonds is 6. The maximum atomic E-state index is 9.96. The summed E-state index contributed by atoms with van der Waals surface area (Å²) < 4.78 is 0. The molecule has 0 radical (unpaired) electrons. The minimum absolute atomic E-state index is 0. The third-order valence-electron chi connectivity index (χ3n) is 2.09. The lowest BCUT2D eigenvalue weighted by Crippen LogP contribution is -1.96. The molecule has 0 aliphatic carbocycles. The zero-order valence-corrected chi connectivity index (χ0v) is 7.10. The summed E-state index contributed by atoms with van der Waals surface area (Å²) in [6.07, 6.45) is 6.59. The molecule has 0 bridgehead atoms. The Morgan fingerprint density at radius 2 is 1.82 bits per heavy atom. The SMILES string of the molecule is CCC(CC)CCCC=O.[MgH2]. The van der Waals surface area contributed by atoms with Crippen molar-refractivity contribution in [2.75, 3.05) is 0 Å². The first-order chi connectivity index (χ1) is 4.85. The molecule has 0 atom stereocenters. The average molecular weight is 169 g/mol. The van der Waals surface area contributed by atoms with Gasteiger partial charge in [0.05, 0.1) is 0 Å². The Bertz CT molecular complexity index is 79.6. The number of hydrogen-bond donors (Lipinski definition) is 0. The summed E-state index contributed by atoms with van der Waals surface area (Å²) in [6, 6.07) is 0. The fraction of sp³-hybridized carbons (Fsp3) is 0.889. The van der Waals surface area contributed by atoms with Crippen molar-refractivity contribution < 1.29 is 4.79 Å². The van der Waals surface area contributed by atoms with Crippen LogP contribution in [-0.4, -0.2) is 29.3 Å². The van der Waals surface area contributed by atoms with Crippen molar-refractivity contribution >= 4 is 29.3 Å². The molecule has 11 heavy (non-hydrogen) atoms. The first-order valence-corrected chi connectivity index (χ1v) is 4.28. The van der Waals surface area contributed by atoms with Crippen LogP contribution >= 0.6 is 0 Å². The van der Waals surface area contributed by atoms with Crippen molar-refractivity contribution in [2.45, 2.75) is 46.0 Å². The third-order valence-corrected chi connectivity index (χ3v) is 2.09. The van der Waals surface area contributed by atoms with Gasteiger partial charge in [-0.1, -0.05) is 33.1 Å². The number of aldehydes is 1. The summed E-state index contributed by atoms with van der Waals surface area (Å²) in [4.78, 5) is 9.96. The standard InChI is InChI=1S/C9H18O.Mg.2H/c1-3-9(4-2)7-5-6-8-10;;;/h8-9H,3-7H2,1-2H3;;;. The summed E-state index contributed by atoms with van der Waals surface area (Å²) in [7, 11) is 0. The molecule has 0 aliphatic heterocycles. The van der Waals surface area contributed by atoms with Gasteiger partial charge in [0.2, 0.25) is 0 Å². The van der Waals surface area contributed by atoms with Crippen LogP contribution in [-0.2, 0) is 4.79 Å². The second kappa shape index (κ2) is 10.4. The first kappa shape index (κ1) is 14.0. The molecule has 0 saturated heterocycles. The van der Waals surface area contributed by atoms with E-state index in [1.807, 2.05) is 0 Å². The van der Waals surface area contributed by atoms with E-state index < -0.39 is 0 Å². The lowest BCUT2D eigenvalue weighted by Gasteiger charge is -2.09. The predicted octanol–water partition coefficient (Wildman–Crippen LogP) is 1.88. The van der Waals surface area contributed by atoms with E-state index in [1.165, 1.54) is 19.3 Å². The maximum absolute atomic E-state index is 9.96. The topological polar surface area (TPSA) is 17.1 Å². The molecule has 0 N–H and O–H groups in total. The lowest BCUT2D eigenvalue weighted by molar-refractivity contribution is -0.108. The predicted molar refractivity (Wildman–Crippen MR) is 52.5 cm³/mol. The first-order valence-electron chi connectivity index (χ1n) is 4.28. The van der Waals surface area contributed by atoms with Crippen molar-refractivity contribution in [1.82, 2.24) is 0 Å². The number of carbonyl (C=O) groups is 1. The van der Waals surface area contributed by atoms with Gasteiger partial charge in [0.25, 0.3) is 0 Å². The second-order valence-electron chi connectivity index (χ2n) is 2.78. The quantitative estimate of drug-likeness (QED) is 0.336. The summed E-state index contributed by atoms with van der Waals surface area (Å²) >= 11 is 0. The summed E-state index contributed by atoms with van der Waals surface area (Å²) in [5.41, 5.74) is 0. The minimum Gasteiger partial charge on any atom is -0.303 e. The molecule has 0 heterocycles. The fourth-order valence-electron chi connectivity index (χ4n) is 1.19. The van der Waals surface area contributed by atoms with Crippen LogP contribution in [0.1, 0.15) is 46.0 Å². The van der Waals surface area contributed by atoms with Crippen molar-refractivity contribution in [1.29, 1.82) is 0 Å². The zero-order chi connectivity index (χ0) is 7.82. The Balaban J connectivity index is 0. The van der Waals surface area contributed by atoms with E-state index in [2.05, 4.69) is 13.8 Å². The van der Waals surface area contributed by atoms with Gasteiger partial charge in [-0.2, -0.15) is 0 Å². The second-order valence-corrected chi connectivity index (χ2v) is 2.78. The monoisotopic (exact) mass is 168 g/mol. The highest BCUT2D eigenvalue weighted by Crippen LogP contribution is 2.14. The van der Waals surface area contributed by atoms with Gasteiger partial charge in [-0.3, -0.25) is 0 Å². The molecule has 2 heteroatoms. The number of hydrogen-bond acceptors (Lipinski definition) is 1. The smallest absolute Gasteiger partial charge is 0.303 e. The molecule has 0 saturated carbocycles. The van der Waals surface area contributed by atoms with E-state index in [9.17, 15) is 4.79 Å². The van der Waals surface area contributed by atoms with E-state index >= 15 is 0 Å². The molecule has 64 valence electrons. The van der Waals surface area contributed by atoms with E-state index in [0.717, 1.165) is 25.0 Å². The van der Waals surface area contributed by atoms with Crippen LogP contribution in [0.25, 0.3) is 0 Å². The van der Waals surface area contributed by atoms with Crippen LogP contribution in [0.15, 0.2) is 0 Å². The molecular formula is C9H20MgO. The highest BCUT2D eigenvalue weighted by molar-refractivity contribution is 5.75. The van der Waals surface area contributed by atoms with Crippen LogP contribution < -0.4 is 0 Å². The van der Waals surface area contributed by atoms with E-state index in [-0.39, 0.29) is 23.1 Å². The largest absolute Gasteiger partial charge is 0.316 e. The molecule has 0 rings (SSSR count). The zero-order valence-electron chi connectivity index (χ0n) is 7.10. The Hall–Kier alpha value is 0.436. The van der Waals surface area contributed by atoms with Crippen molar-refractivity contribution in [3.05, 3.63) is 0 Å². The molecule has 0 aromatic rings. The molecule has 0 unspecified atom stereocenters. The van der Waals surface area contributed by atoms with E-state index in [4.69, 9.17) is 0 Å². The fourth-order valence-corrected chi connectivity index (χ4v) is 1.19. The van der Waals surface area contributed by atoms with Crippen LogP contribution in [0, 0.1) is 5.92 Å². The Morgan fingerprint density at radius 1 is 1.27 bits per heavy atom. The van der Waals surface area contributed by atoms with Crippen LogP contribution in [0.4, 0.5) is 0 Å². The summed E-state index contributed by atoms with van der Waals surface area (Å²) in [5.74, 6) is 0.847. The third kappa shape index (κ3) is 8.34. The number of carbonyl (C=O) groups excluding carboxylic acids is 1. The number of unbranched alkanes of at least 4 members (excludes halogenated alkanes) is 1. The van der Waals surface area contributed by atoms with Gasteiger partial charge in [-0.25, -0.2) is 0 Å². The van der Waals surface area contributed by atoms with Gasteiger partial charge in [0.1, 0.15) is 6.29 Å². The van der Waals surface area contributed by atoms with Crippen molar-refractivity contribution in [3.8, 4) is 0 Å². The van der Waals surface area contributed by atoms with Crippen LogP contribution in [0.5, 0.6) is 0 Å².